The molecule has 0 aliphatic carbocycles. The second kappa shape index (κ2) is 6.98. The average Bonchev–Trinajstić information content (AvgIpc) is 2.90. The maximum atomic E-state index is 11.9. The van der Waals surface area contributed by atoms with Crippen molar-refractivity contribution in [2.75, 3.05) is 25.3 Å². The van der Waals surface area contributed by atoms with E-state index in [0.717, 1.165) is 0 Å². The Morgan fingerprint density at radius 2 is 1.90 bits per heavy atom. The molecule has 0 radical (unpaired) electrons. The Morgan fingerprint density at radius 3 is 2.43 bits per heavy atom. The minimum Gasteiger partial charge on any atom is -0.497 e. The van der Waals surface area contributed by atoms with Gasteiger partial charge in [-0.2, -0.15) is 0 Å². The standard InChI is InChI=1S/C13H15N3O4S/c1-8-15-16-13(20-8)21-7-12(17)14-9-4-10(18-2)6-11(5-9)19-3/h4-6H,7H2,1-3H3,(H,14,17). The molecule has 0 unspecified atom stereocenters. The molecule has 8 heteroatoms. The van der Waals surface area contributed by atoms with Crippen LogP contribution in [0.1, 0.15) is 5.89 Å². The van der Waals surface area contributed by atoms with E-state index in [1.807, 2.05) is 0 Å². The van der Waals surface area contributed by atoms with Crippen molar-refractivity contribution in [1.82, 2.24) is 10.2 Å². The molecule has 21 heavy (non-hydrogen) atoms. The molecule has 0 saturated carbocycles. The molecule has 1 N–H and O–H groups in total. The first-order valence-electron chi connectivity index (χ1n) is 6.06. The largest absolute Gasteiger partial charge is 0.497 e. The summed E-state index contributed by atoms with van der Waals surface area (Å²) in [5, 5.41) is 10.6. The Bertz CT molecular complexity index is 607. The van der Waals surface area contributed by atoms with Gasteiger partial charge in [-0.05, 0) is 0 Å². The summed E-state index contributed by atoms with van der Waals surface area (Å²) in [6.45, 7) is 1.69. The summed E-state index contributed by atoms with van der Waals surface area (Å²) in [5.74, 6) is 1.65. The van der Waals surface area contributed by atoms with Gasteiger partial charge in [0.15, 0.2) is 0 Å². The van der Waals surface area contributed by atoms with Crippen LogP contribution >= 0.6 is 11.8 Å². The monoisotopic (exact) mass is 309 g/mol. The number of amides is 1. The van der Waals surface area contributed by atoms with Gasteiger partial charge in [0.25, 0.3) is 5.22 Å². The molecular formula is C13H15N3O4S. The van der Waals surface area contributed by atoms with Gasteiger partial charge in [0, 0.05) is 30.8 Å². The van der Waals surface area contributed by atoms with Crippen molar-refractivity contribution in [2.24, 2.45) is 0 Å². The van der Waals surface area contributed by atoms with Crippen LogP contribution in [0.15, 0.2) is 27.8 Å². The van der Waals surface area contributed by atoms with Crippen LogP contribution in [-0.4, -0.2) is 36.1 Å². The van der Waals surface area contributed by atoms with Crippen LogP contribution in [0.25, 0.3) is 0 Å². The number of ether oxygens (including phenoxy) is 2. The van der Waals surface area contributed by atoms with Gasteiger partial charge in [0.2, 0.25) is 11.8 Å². The van der Waals surface area contributed by atoms with E-state index in [-0.39, 0.29) is 11.7 Å². The van der Waals surface area contributed by atoms with Crippen LogP contribution in [0.5, 0.6) is 11.5 Å². The van der Waals surface area contributed by atoms with Crippen molar-refractivity contribution in [1.29, 1.82) is 0 Å². The second-order valence-corrected chi connectivity index (χ2v) is 4.95. The van der Waals surface area contributed by atoms with Gasteiger partial charge in [0.05, 0.1) is 20.0 Å². The fourth-order valence-corrected chi connectivity index (χ4v) is 2.15. The van der Waals surface area contributed by atoms with Crippen molar-refractivity contribution in [3.8, 4) is 11.5 Å². The topological polar surface area (TPSA) is 86.5 Å². The number of aryl methyl sites for hydroxylation is 1. The van der Waals surface area contributed by atoms with Crippen molar-refractivity contribution in [3.63, 3.8) is 0 Å². The maximum absolute atomic E-state index is 11.9. The Balaban J connectivity index is 1.95. The van der Waals surface area contributed by atoms with Gasteiger partial charge in [0.1, 0.15) is 11.5 Å². The van der Waals surface area contributed by atoms with E-state index in [0.29, 0.717) is 28.3 Å². The molecule has 0 fully saturated rings. The number of benzene rings is 1. The molecule has 7 nitrogen and oxygen atoms in total. The second-order valence-electron chi connectivity index (χ2n) is 4.03. The van der Waals surface area contributed by atoms with Crippen molar-refractivity contribution in [3.05, 3.63) is 24.1 Å². The highest BCUT2D eigenvalue weighted by molar-refractivity contribution is 7.99. The van der Waals surface area contributed by atoms with Gasteiger partial charge >= 0.3 is 0 Å². The smallest absolute Gasteiger partial charge is 0.277 e. The molecule has 0 aliphatic rings. The predicted octanol–water partition coefficient (Wildman–Crippen LogP) is 2.13. The zero-order valence-corrected chi connectivity index (χ0v) is 12.7. The number of hydrogen-bond acceptors (Lipinski definition) is 7. The van der Waals surface area contributed by atoms with Crippen LogP contribution in [0, 0.1) is 6.92 Å². The molecule has 0 atom stereocenters. The lowest BCUT2D eigenvalue weighted by atomic mass is 10.2. The quantitative estimate of drug-likeness (QED) is 0.818. The zero-order valence-electron chi connectivity index (χ0n) is 11.9. The van der Waals surface area contributed by atoms with Crippen LogP contribution in [0.2, 0.25) is 0 Å². The van der Waals surface area contributed by atoms with E-state index < -0.39 is 0 Å². The van der Waals surface area contributed by atoms with E-state index in [2.05, 4.69) is 15.5 Å². The predicted molar refractivity (Wildman–Crippen MR) is 77.9 cm³/mol. The van der Waals surface area contributed by atoms with E-state index in [1.54, 1.807) is 39.3 Å². The number of nitrogens with one attached hydrogen (secondary N) is 1. The van der Waals surface area contributed by atoms with Crippen LogP contribution in [0.3, 0.4) is 0 Å². The molecule has 0 aliphatic heterocycles. The summed E-state index contributed by atoms with van der Waals surface area (Å²) in [6, 6.07) is 5.15. The summed E-state index contributed by atoms with van der Waals surface area (Å²) in [6.07, 6.45) is 0. The lowest BCUT2D eigenvalue weighted by Crippen LogP contribution is -2.14. The zero-order chi connectivity index (χ0) is 15.2. The number of nitrogens with zero attached hydrogens (tertiary/aromatic N) is 2. The number of carbonyl (C=O) groups excluding carboxylic acids is 1. The molecule has 112 valence electrons. The number of carbonyl (C=O) groups is 1. The van der Waals surface area contributed by atoms with E-state index in [9.17, 15) is 4.79 Å². The van der Waals surface area contributed by atoms with Crippen molar-refractivity contribution in [2.45, 2.75) is 12.1 Å². The first kappa shape index (κ1) is 15.2. The van der Waals surface area contributed by atoms with Crippen LogP contribution in [0.4, 0.5) is 5.69 Å². The summed E-state index contributed by atoms with van der Waals surface area (Å²) >= 11 is 1.17. The average molecular weight is 309 g/mol. The first-order chi connectivity index (χ1) is 10.1. The summed E-state index contributed by atoms with van der Waals surface area (Å²) < 4.78 is 15.5. The summed E-state index contributed by atoms with van der Waals surface area (Å²) in [7, 11) is 3.10. The van der Waals surface area contributed by atoms with Gasteiger partial charge in [-0.3, -0.25) is 4.79 Å². The van der Waals surface area contributed by atoms with Gasteiger partial charge < -0.3 is 19.2 Å². The van der Waals surface area contributed by atoms with E-state index in [4.69, 9.17) is 13.9 Å². The highest BCUT2D eigenvalue weighted by atomic mass is 32.2. The Hall–Kier alpha value is -2.22. The molecule has 1 aromatic carbocycles. The highest BCUT2D eigenvalue weighted by Gasteiger charge is 2.09. The third-order valence-electron chi connectivity index (χ3n) is 2.47. The molecule has 1 aromatic heterocycles. The molecule has 1 amide bonds. The number of thioether (sulfide) groups is 1. The van der Waals surface area contributed by atoms with Crippen LogP contribution < -0.4 is 14.8 Å². The summed E-state index contributed by atoms with van der Waals surface area (Å²) in [4.78, 5) is 11.9. The third kappa shape index (κ3) is 4.38. The van der Waals surface area contributed by atoms with Gasteiger partial charge in [-0.1, -0.05) is 11.8 Å². The number of aromatic nitrogens is 2. The Morgan fingerprint density at radius 1 is 1.24 bits per heavy atom. The highest BCUT2D eigenvalue weighted by Crippen LogP contribution is 2.26. The third-order valence-corrected chi connectivity index (χ3v) is 3.29. The molecule has 2 aromatic rings. The van der Waals surface area contributed by atoms with Crippen LogP contribution in [-0.2, 0) is 4.79 Å². The fourth-order valence-electron chi connectivity index (χ4n) is 1.54. The van der Waals surface area contributed by atoms with Gasteiger partial charge in [-0.25, -0.2) is 0 Å². The van der Waals surface area contributed by atoms with E-state index in [1.165, 1.54) is 11.8 Å². The van der Waals surface area contributed by atoms with Gasteiger partial charge in [-0.15, -0.1) is 10.2 Å². The molecule has 0 saturated heterocycles. The van der Waals surface area contributed by atoms with Crippen molar-refractivity contribution < 1.29 is 18.7 Å². The SMILES string of the molecule is COc1cc(NC(=O)CSc2nnc(C)o2)cc(OC)c1. The maximum Gasteiger partial charge on any atom is 0.277 e. The minimum atomic E-state index is -0.189. The number of rotatable bonds is 6. The van der Waals surface area contributed by atoms with Crippen molar-refractivity contribution >= 4 is 23.4 Å². The fraction of sp³-hybridized carbons (Fsp3) is 0.308. The minimum absolute atomic E-state index is 0.168. The Kier molecular flexibility index (Phi) is 5.04. The molecule has 2 rings (SSSR count). The molecule has 1 heterocycles. The first-order valence-corrected chi connectivity index (χ1v) is 7.05. The molecule has 0 spiro atoms. The number of hydrogen-bond donors (Lipinski definition) is 1. The number of anilines is 1. The lowest BCUT2D eigenvalue weighted by Gasteiger charge is -2.09. The number of methoxy groups -OCH3 is 2. The summed E-state index contributed by atoms with van der Waals surface area (Å²) in [5.41, 5.74) is 0.596. The normalized spacial score (nSPS) is 10.2. The Labute approximate surface area is 126 Å². The van der Waals surface area contributed by atoms with E-state index >= 15 is 0 Å². The lowest BCUT2D eigenvalue weighted by molar-refractivity contribution is -0.113. The molecular weight excluding hydrogens is 294 g/mol. The molecule has 0 bridgehead atoms.